The molecule has 1 aromatic carbocycles. The van der Waals surface area contributed by atoms with Crippen LogP contribution in [-0.2, 0) is 9.31 Å². The molecule has 0 unspecified atom stereocenters. The van der Waals surface area contributed by atoms with Crippen molar-refractivity contribution < 1.29 is 14.0 Å². The third-order valence-electron chi connectivity index (χ3n) is 3.90. The van der Waals surface area contributed by atoms with E-state index >= 15 is 0 Å². The zero-order valence-electron chi connectivity index (χ0n) is 12.0. The normalized spacial score (nSPS) is 21.1. The zero-order chi connectivity index (χ0) is 13.6. The topological polar surface area (TPSA) is 27.7 Å². The Morgan fingerprint density at radius 3 is 2.11 bits per heavy atom. The zero-order valence-corrected chi connectivity index (χ0v) is 12.0. The molecule has 18 heavy (non-hydrogen) atoms. The Hall–Kier alpha value is -0.995. The lowest BCUT2D eigenvalue weighted by Crippen LogP contribution is -2.41. The number of rotatable bonds is 2. The fourth-order valence-electron chi connectivity index (χ4n) is 1.98. The van der Waals surface area contributed by atoms with Crippen LogP contribution in [0, 0.1) is 6.92 Å². The Balaban J connectivity index is 2.35. The predicted octanol–water partition coefficient (Wildman–Crippen LogP) is 2.30. The highest BCUT2D eigenvalue weighted by atomic mass is 16.7. The number of ether oxygens (including phenoxy) is 1. The van der Waals surface area contributed by atoms with Gasteiger partial charge < -0.3 is 14.0 Å². The van der Waals surface area contributed by atoms with E-state index in [1.807, 2.05) is 52.8 Å². The van der Waals surface area contributed by atoms with Gasteiger partial charge in [0.2, 0.25) is 0 Å². The quantitative estimate of drug-likeness (QED) is 0.751. The second kappa shape index (κ2) is 4.28. The van der Waals surface area contributed by atoms with Crippen molar-refractivity contribution in [3.63, 3.8) is 0 Å². The summed E-state index contributed by atoms with van der Waals surface area (Å²) in [7, 11) is 1.30. The third kappa shape index (κ3) is 2.15. The van der Waals surface area contributed by atoms with Crippen LogP contribution in [0.4, 0.5) is 0 Å². The summed E-state index contributed by atoms with van der Waals surface area (Å²) in [5.41, 5.74) is 1.45. The Labute approximate surface area is 110 Å². The highest BCUT2D eigenvalue weighted by Crippen LogP contribution is 2.37. The molecule has 0 N–H and O–H groups in total. The van der Waals surface area contributed by atoms with Gasteiger partial charge in [-0.15, -0.1) is 0 Å². The molecule has 1 aliphatic rings. The SMILES string of the molecule is COc1cc(C)ccc1B1OC(C)(C)C(C)(C)O1. The minimum Gasteiger partial charge on any atom is -0.497 e. The fraction of sp³-hybridized carbons (Fsp3) is 0.571. The number of methoxy groups -OCH3 is 1. The van der Waals surface area contributed by atoms with E-state index in [-0.39, 0.29) is 18.3 Å². The van der Waals surface area contributed by atoms with Crippen LogP contribution >= 0.6 is 0 Å². The summed E-state index contributed by atoms with van der Waals surface area (Å²) in [5.74, 6) is 0.813. The van der Waals surface area contributed by atoms with Crippen LogP contribution in [0.15, 0.2) is 18.2 Å². The van der Waals surface area contributed by atoms with Gasteiger partial charge in [0.15, 0.2) is 0 Å². The van der Waals surface area contributed by atoms with Crippen LogP contribution in [0.2, 0.25) is 0 Å². The number of hydrogen-bond donors (Lipinski definition) is 0. The van der Waals surface area contributed by atoms with E-state index in [9.17, 15) is 0 Å². The first-order valence-corrected chi connectivity index (χ1v) is 6.27. The number of benzene rings is 1. The lowest BCUT2D eigenvalue weighted by atomic mass is 9.78. The molecular weight excluding hydrogens is 227 g/mol. The molecule has 1 fully saturated rings. The molecule has 0 atom stereocenters. The minimum atomic E-state index is -0.370. The molecule has 2 rings (SSSR count). The van der Waals surface area contributed by atoms with Crippen molar-refractivity contribution in [3.05, 3.63) is 23.8 Å². The summed E-state index contributed by atoms with van der Waals surface area (Å²) in [4.78, 5) is 0. The van der Waals surface area contributed by atoms with Gasteiger partial charge in [-0.3, -0.25) is 0 Å². The molecular formula is C14H21BO3. The molecule has 4 heteroatoms. The molecule has 1 aliphatic heterocycles. The van der Waals surface area contributed by atoms with E-state index in [4.69, 9.17) is 14.0 Å². The smallest absolute Gasteiger partial charge is 0.497 e. The van der Waals surface area contributed by atoms with E-state index < -0.39 is 0 Å². The maximum Gasteiger partial charge on any atom is 0.498 e. The van der Waals surface area contributed by atoms with Gasteiger partial charge in [-0.2, -0.15) is 0 Å². The van der Waals surface area contributed by atoms with Gasteiger partial charge in [0.25, 0.3) is 0 Å². The average molecular weight is 248 g/mol. The molecule has 0 saturated carbocycles. The van der Waals surface area contributed by atoms with Gasteiger partial charge >= 0.3 is 7.12 Å². The summed E-state index contributed by atoms with van der Waals surface area (Å²) < 4.78 is 17.5. The first kappa shape index (κ1) is 13.4. The molecule has 1 heterocycles. The number of aryl methyl sites for hydroxylation is 1. The molecule has 0 aliphatic carbocycles. The largest absolute Gasteiger partial charge is 0.498 e. The second-order valence-electron chi connectivity index (χ2n) is 5.83. The summed E-state index contributed by atoms with van der Waals surface area (Å²) in [6, 6.07) is 6.06. The van der Waals surface area contributed by atoms with Crippen molar-refractivity contribution in [1.29, 1.82) is 0 Å². The Bertz CT molecular complexity index is 438. The predicted molar refractivity (Wildman–Crippen MR) is 73.4 cm³/mol. The molecule has 0 spiro atoms. The maximum atomic E-state index is 6.03. The summed E-state index contributed by atoms with van der Waals surface area (Å²) >= 11 is 0. The van der Waals surface area contributed by atoms with Gasteiger partial charge in [0.1, 0.15) is 5.75 Å². The van der Waals surface area contributed by atoms with E-state index in [2.05, 4.69) is 0 Å². The molecule has 0 radical (unpaired) electrons. The summed E-state index contributed by atoms with van der Waals surface area (Å²) in [6.45, 7) is 10.2. The lowest BCUT2D eigenvalue weighted by molar-refractivity contribution is 0.00578. The highest BCUT2D eigenvalue weighted by Gasteiger charge is 2.52. The second-order valence-corrected chi connectivity index (χ2v) is 5.83. The highest BCUT2D eigenvalue weighted by molar-refractivity contribution is 6.63. The van der Waals surface area contributed by atoms with Gasteiger partial charge in [-0.25, -0.2) is 0 Å². The molecule has 0 amide bonds. The Kier molecular flexibility index (Phi) is 3.20. The van der Waals surface area contributed by atoms with Crippen molar-refractivity contribution in [2.75, 3.05) is 7.11 Å². The maximum absolute atomic E-state index is 6.03. The molecule has 98 valence electrons. The van der Waals surface area contributed by atoms with Crippen LogP contribution in [0.25, 0.3) is 0 Å². The average Bonchev–Trinajstić information content (AvgIpc) is 2.47. The van der Waals surface area contributed by atoms with Gasteiger partial charge in [-0.05, 0) is 46.2 Å². The van der Waals surface area contributed by atoms with Crippen LogP contribution < -0.4 is 10.2 Å². The van der Waals surface area contributed by atoms with Crippen molar-refractivity contribution in [2.24, 2.45) is 0 Å². The number of hydrogen-bond acceptors (Lipinski definition) is 3. The standard InChI is InChI=1S/C14H21BO3/c1-10-7-8-11(12(9-10)16-6)15-17-13(2,3)14(4,5)18-15/h7-9H,1-6H3. The van der Waals surface area contributed by atoms with E-state index in [0.29, 0.717) is 0 Å². The molecule has 0 bridgehead atoms. The lowest BCUT2D eigenvalue weighted by Gasteiger charge is -2.32. The van der Waals surface area contributed by atoms with Crippen LogP contribution in [0.5, 0.6) is 5.75 Å². The van der Waals surface area contributed by atoms with Crippen LogP contribution in [0.1, 0.15) is 33.3 Å². The summed E-state index contributed by atoms with van der Waals surface area (Å²) in [5, 5.41) is 0. The van der Waals surface area contributed by atoms with E-state index in [1.54, 1.807) is 7.11 Å². The molecule has 1 saturated heterocycles. The van der Waals surface area contributed by atoms with Crippen LogP contribution in [-0.4, -0.2) is 25.4 Å². The van der Waals surface area contributed by atoms with Gasteiger partial charge in [-0.1, -0.05) is 12.1 Å². The van der Waals surface area contributed by atoms with Gasteiger partial charge in [0.05, 0.1) is 18.3 Å². The first-order chi connectivity index (χ1) is 8.27. The van der Waals surface area contributed by atoms with Crippen molar-refractivity contribution >= 4 is 12.6 Å². The third-order valence-corrected chi connectivity index (χ3v) is 3.90. The van der Waals surface area contributed by atoms with Gasteiger partial charge in [0, 0.05) is 5.46 Å². The summed E-state index contributed by atoms with van der Waals surface area (Å²) in [6.07, 6.45) is 0. The molecule has 3 nitrogen and oxygen atoms in total. The molecule has 0 aromatic heterocycles. The van der Waals surface area contributed by atoms with Crippen molar-refractivity contribution in [3.8, 4) is 5.75 Å². The van der Waals surface area contributed by atoms with Crippen molar-refractivity contribution in [1.82, 2.24) is 0 Å². The monoisotopic (exact) mass is 248 g/mol. The van der Waals surface area contributed by atoms with E-state index in [1.165, 1.54) is 0 Å². The van der Waals surface area contributed by atoms with E-state index in [0.717, 1.165) is 16.8 Å². The Morgan fingerprint density at radius 2 is 1.61 bits per heavy atom. The minimum absolute atomic E-state index is 0.326. The Morgan fingerprint density at radius 1 is 1.06 bits per heavy atom. The molecule has 1 aromatic rings. The van der Waals surface area contributed by atoms with Crippen molar-refractivity contribution in [2.45, 2.75) is 45.8 Å². The fourth-order valence-corrected chi connectivity index (χ4v) is 1.98. The van der Waals surface area contributed by atoms with Crippen LogP contribution in [0.3, 0.4) is 0 Å². The first-order valence-electron chi connectivity index (χ1n) is 6.27.